The van der Waals surface area contributed by atoms with Crippen LogP contribution in [-0.2, 0) is 0 Å². The van der Waals surface area contributed by atoms with E-state index in [1.165, 1.54) is 0 Å². The summed E-state index contributed by atoms with van der Waals surface area (Å²) in [5.74, 6) is 0. The van der Waals surface area contributed by atoms with Crippen molar-refractivity contribution in [1.82, 2.24) is 0 Å². The molecule has 0 N–H and O–H groups in total. The highest BCUT2D eigenvalue weighted by Gasteiger charge is 2.22. The van der Waals surface area contributed by atoms with Gasteiger partial charge in [0.25, 0.3) is 0 Å². The van der Waals surface area contributed by atoms with Gasteiger partial charge in [0.1, 0.15) is 33.5 Å². The number of nitrogens with zero attached hydrogens (tertiary/aromatic N) is 3. The van der Waals surface area contributed by atoms with Gasteiger partial charge in [-0.1, -0.05) is 218 Å². The molecule has 97 heavy (non-hydrogen) atoms. The van der Waals surface area contributed by atoms with Gasteiger partial charge in [0.2, 0.25) is 0 Å². The van der Waals surface area contributed by atoms with Crippen LogP contribution < -0.4 is 14.7 Å². The van der Waals surface area contributed by atoms with E-state index in [9.17, 15) is 0 Å². The minimum Gasteiger partial charge on any atom is -0.456 e. The first kappa shape index (κ1) is 58.2. The van der Waals surface area contributed by atoms with Crippen LogP contribution in [0.15, 0.2) is 377 Å². The third kappa shape index (κ3) is 11.3. The van der Waals surface area contributed by atoms with E-state index in [1.54, 1.807) is 0 Å². The summed E-state index contributed by atoms with van der Waals surface area (Å²) in [7, 11) is 0. The van der Waals surface area contributed by atoms with Gasteiger partial charge >= 0.3 is 0 Å². The molecule has 0 fully saturated rings. The molecule has 0 aliphatic rings. The smallest absolute Gasteiger partial charge is 0.137 e. The van der Waals surface area contributed by atoms with Gasteiger partial charge in [-0.05, 0) is 173 Å². The second-order valence-electron chi connectivity index (χ2n) is 24.1. The summed E-state index contributed by atoms with van der Waals surface area (Å²) in [4.78, 5) is 6.87. The molecular formula is C90H60ClN3O3. The van der Waals surface area contributed by atoms with Crippen molar-refractivity contribution in [2.45, 2.75) is 0 Å². The quantitative estimate of drug-likeness (QED) is 0.115. The molecule has 0 aliphatic heterocycles. The predicted octanol–water partition coefficient (Wildman–Crippen LogP) is 26.8. The van der Waals surface area contributed by atoms with Crippen molar-refractivity contribution in [2.75, 3.05) is 14.7 Å². The zero-order valence-electron chi connectivity index (χ0n) is 52.6. The van der Waals surface area contributed by atoms with Crippen molar-refractivity contribution < 1.29 is 13.3 Å². The Balaban J connectivity index is 0.000000158. The fourth-order valence-electron chi connectivity index (χ4n) is 13.5. The number of furan rings is 3. The monoisotopic (exact) mass is 1270 g/mol. The largest absolute Gasteiger partial charge is 0.456 e. The third-order valence-electron chi connectivity index (χ3n) is 18.2. The molecule has 0 unspecified atom stereocenters. The van der Waals surface area contributed by atoms with Crippen LogP contribution >= 0.6 is 11.6 Å². The van der Waals surface area contributed by atoms with Crippen LogP contribution in [0.1, 0.15) is 0 Å². The number of hydrogen-bond donors (Lipinski definition) is 0. The predicted molar refractivity (Wildman–Crippen MR) is 406 cm³/mol. The third-order valence-corrected chi connectivity index (χ3v) is 18.5. The number of para-hydroxylation sites is 6. The van der Waals surface area contributed by atoms with Gasteiger partial charge in [0.15, 0.2) is 0 Å². The topological polar surface area (TPSA) is 49.1 Å². The van der Waals surface area contributed by atoms with E-state index in [1.807, 2.05) is 72.8 Å². The highest BCUT2D eigenvalue weighted by Crippen LogP contribution is 2.47. The average molecular weight is 1270 g/mol. The van der Waals surface area contributed by atoms with Crippen LogP contribution in [0.4, 0.5) is 51.2 Å². The lowest BCUT2D eigenvalue weighted by Crippen LogP contribution is -2.11. The van der Waals surface area contributed by atoms with Crippen LogP contribution in [-0.4, -0.2) is 0 Å². The summed E-state index contributed by atoms with van der Waals surface area (Å²) >= 11 is 6.57. The molecule has 3 aromatic heterocycles. The van der Waals surface area contributed by atoms with Crippen LogP contribution in [0.3, 0.4) is 0 Å². The normalized spacial score (nSPS) is 11.4. The van der Waals surface area contributed by atoms with Crippen molar-refractivity contribution in [2.24, 2.45) is 0 Å². The number of fused-ring (bicyclic) bond motifs is 9. The number of anilines is 9. The molecule has 3 heterocycles. The first-order valence-electron chi connectivity index (χ1n) is 32.5. The zero-order valence-corrected chi connectivity index (χ0v) is 53.3. The zero-order chi connectivity index (χ0) is 64.6. The molecule has 6 nitrogen and oxygen atoms in total. The van der Waals surface area contributed by atoms with Gasteiger partial charge in [-0.2, -0.15) is 0 Å². The van der Waals surface area contributed by atoms with Crippen LogP contribution in [0.5, 0.6) is 0 Å². The second-order valence-corrected chi connectivity index (χ2v) is 24.5. The van der Waals surface area contributed by atoms with E-state index >= 15 is 0 Å². The maximum Gasteiger partial charge on any atom is 0.137 e. The lowest BCUT2D eigenvalue weighted by Gasteiger charge is -2.28. The van der Waals surface area contributed by atoms with E-state index in [2.05, 4.69) is 306 Å². The van der Waals surface area contributed by atoms with Crippen molar-refractivity contribution >= 4 is 129 Å². The minimum absolute atomic E-state index is 0.748. The lowest BCUT2D eigenvalue weighted by atomic mass is 9.96. The Morgan fingerprint density at radius 2 is 0.474 bits per heavy atom. The number of halogens is 1. The molecule has 0 aliphatic carbocycles. The van der Waals surface area contributed by atoms with Crippen molar-refractivity contribution in [3.63, 3.8) is 0 Å². The summed E-state index contributed by atoms with van der Waals surface area (Å²) in [6.45, 7) is 0. The van der Waals surface area contributed by atoms with Crippen LogP contribution in [0.2, 0.25) is 5.02 Å². The van der Waals surface area contributed by atoms with Gasteiger partial charge in [-0.3, -0.25) is 0 Å². The van der Waals surface area contributed by atoms with Crippen molar-refractivity contribution in [3.05, 3.63) is 369 Å². The summed E-state index contributed by atoms with van der Waals surface area (Å²) < 4.78 is 18.9. The maximum absolute atomic E-state index is 6.57. The Kier molecular flexibility index (Phi) is 15.2. The molecule has 0 radical (unpaired) electrons. The highest BCUT2D eigenvalue weighted by molar-refractivity contribution is 6.33. The fraction of sp³-hybridized carbons (Fsp3) is 0. The molecule has 15 aromatic carbocycles. The van der Waals surface area contributed by atoms with E-state index < -0.39 is 0 Å². The molecule has 0 saturated carbocycles. The van der Waals surface area contributed by atoms with Gasteiger partial charge in [0.05, 0.1) is 5.69 Å². The summed E-state index contributed by atoms with van der Waals surface area (Å²) in [5, 5.41) is 7.46. The molecule has 18 rings (SSSR count). The molecule has 0 spiro atoms. The van der Waals surface area contributed by atoms with Crippen LogP contribution in [0.25, 0.3) is 110 Å². The Labute approximate surface area is 566 Å². The first-order chi connectivity index (χ1) is 48.0. The fourth-order valence-corrected chi connectivity index (χ4v) is 13.7. The summed E-state index contributed by atoms with van der Waals surface area (Å²) in [5.41, 5.74) is 23.7. The van der Waals surface area contributed by atoms with Crippen molar-refractivity contribution in [3.8, 4) is 44.5 Å². The summed E-state index contributed by atoms with van der Waals surface area (Å²) in [6.07, 6.45) is 0. The van der Waals surface area contributed by atoms with Gasteiger partial charge in [0, 0.05) is 112 Å². The van der Waals surface area contributed by atoms with E-state index in [0.29, 0.717) is 0 Å². The minimum atomic E-state index is 0.748. The van der Waals surface area contributed by atoms with Crippen LogP contribution in [0, 0.1) is 0 Å². The molecule has 18 aromatic rings. The average Bonchev–Trinajstić information content (AvgIpc) is 1.78. The maximum atomic E-state index is 6.57. The molecule has 0 saturated heterocycles. The van der Waals surface area contributed by atoms with E-state index in [0.717, 1.165) is 167 Å². The Hall–Kier alpha value is -12.6. The number of benzene rings is 15. The van der Waals surface area contributed by atoms with Gasteiger partial charge in [-0.15, -0.1) is 0 Å². The Bertz CT molecular complexity index is 5830. The van der Waals surface area contributed by atoms with E-state index in [-0.39, 0.29) is 0 Å². The molecule has 7 heteroatoms. The van der Waals surface area contributed by atoms with Gasteiger partial charge in [-0.25, -0.2) is 0 Å². The number of hydrogen-bond acceptors (Lipinski definition) is 6. The number of rotatable bonds is 13. The Morgan fingerprint density at radius 1 is 0.186 bits per heavy atom. The van der Waals surface area contributed by atoms with E-state index in [4.69, 9.17) is 24.9 Å². The highest BCUT2D eigenvalue weighted by atomic mass is 35.5. The standard InChI is InChI=1S/C54H36N2O2.C36H24ClNO/c1-4-14-38(15-5-1)49-34-39(26-33-50(49)56(41-18-8-3-9-19-41)44-30-32-48-46-21-11-13-23-52(46)58-54(48)36-44)37-24-27-42(28-25-37)55(40-16-6-2-7-17-40)43-29-31-47-45-20-10-12-22-51(45)57-53(47)35-43;37-34-22-17-27(23-33(34)26-9-3-1-4-10-26)25-15-18-29(19-16-25)38(28-11-5-2-6-12-28)30-20-21-32-31-13-7-8-14-35(31)39-36(32)24-30/h1-36H;1-24H. The molecule has 0 bridgehead atoms. The summed E-state index contributed by atoms with van der Waals surface area (Å²) in [6, 6.07) is 127. The lowest BCUT2D eigenvalue weighted by molar-refractivity contribution is 0.668. The van der Waals surface area contributed by atoms with Crippen molar-refractivity contribution in [1.29, 1.82) is 0 Å². The molecule has 0 atom stereocenters. The Morgan fingerprint density at radius 3 is 0.887 bits per heavy atom. The SMILES string of the molecule is Clc1ccc(-c2ccc(N(c3ccccc3)c3ccc4c(c3)oc3ccccc34)cc2)cc1-c1ccccc1.c1ccc(-c2cc(-c3ccc(N(c4ccccc4)c4ccc5c(c4)oc4ccccc45)cc3)ccc2N(c2ccccc2)c2ccc3c(c2)oc2ccccc23)cc1. The molecule has 460 valence electrons. The first-order valence-corrected chi connectivity index (χ1v) is 32.9. The van der Waals surface area contributed by atoms with Gasteiger partial charge < -0.3 is 28.0 Å². The molecule has 0 amide bonds. The molecular weight excluding hydrogens is 1210 g/mol. The second kappa shape index (κ2) is 25.4.